The highest BCUT2D eigenvalue weighted by atomic mass is 16.2. The van der Waals surface area contributed by atoms with Crippen molar-refractivity contribution in [1.29, 1.82) is 0 Å². The van der Waals surface area contributed by atoms with E-state index < -0.39 is 11.6 Å². The average Bonchev–Trinajstić information content (AvgIpc) is 2.65. The van der Waals surface area contributed by atoms with E-state index in [9.17, 15) is 9.59 Å². The van der Waals surface area contributed by atoms with Crippen molar-refractivity contribution in [2.24, 2.45) is 5.73 Å². The smallest absolute Gasteiger partial charge is 0.246 e. The molecular weight excluding hydrogens is 340 g/mol. The third-order valence-corrected chi connectivity index (χ3v) is 5.06. The second-order valence-corrected chi connectivity index (χ2v) is 7.18. The van der Waals surface area contributed by atoms with Gasteiger partial charge in [-0.15, -0.1) is 0 Å². The topological polar surface area (TPSA) is 97.1 Å². The molecule has 6 nitrogen and oxygen atoms in total. The number of nitrogens with one attached hydrogen (secondary N) is 2. The summed E-state index contributed by atoms with van der Waals surface area (Å²) in [7, 11) is 0. The van der Waals surface area contributed by atoms with E-state index in [1.54, 1.807) is 13.1 Å². The second kappa shape index (κ2) is 8.31. The molecule has 27 heavy (non-hydrogen) atoms. The Balaban J connectivity index is 1.78. The summed E-state index contributed by atoms with van der Waals surface area (Å²) < 4.78 is 0. The largest absolute Gasteiger partial charge is 0.347 e. The molecule has 1 fully saturated rings. The van der Waals surface area contributed by atoms with Gasteiger partial charge in [-0.2, -0.15) is 0 Å². The van der Waals surface area contributed by atoms with Crippen molar-refractivity contribution in [1.82, 2.24) is 15.6 Å². The first-order valence-electron chi connectivity index (χ1n) is 9.34. The van der Waals surface area contributed by atoms with Crippen LogP contribution in [0.25, 0.3) is 0 Å². The monoisotopic (exact) mass is 366 g/mol. The van der Waals surface area contributed by atoms with Gasteiger partial charge in [-0.05, 0) is 43.9 Å². The highest BCUT2D eigenvalue weighted by Crippen LogP contribution is 2.33. The van der Waals surface area contributed by atoms with Gasteiger partial charge in [-0.3, -0.25) is 14.6 Å². The fraction of sp³-hybridized carbons (Fsp3) is 0.381. The Hall–Kier alpha value is -2.73. The Morgan fingerprint density at radius 1 is 1.15 bits per heavy atom. The number of aromatic nitrogens is 1. The zero-order valence-corrected chi connectivity index (χ0v) is 15.5. The second-order valence-electron chi connectivity index (χ2n) is 7.18. The molecule has 0 spiro atoms. The third kappa shape index (κ3) is 4.52. The summed E-state index contributed by atoms with van der Waals surface area (Å²) in [6, 6.07) is 14.7. The lowest BCUT2D eigenvalue weighted by molar-refractivity contribution is -0.138. The molecule has 2 aromatic rings. The van der Waals surface area contributed by atoms with Crippen LogP contribution in [0, 0.1) is 0 Å². The van der Waals surface area contributed by atoms with Gasteiger partial charge in [0.2, 0.25) is 11.8 Å². The molecule has 6 heteroatoms. The molecule has 2 atom stereocenters. The average molecular weight is 366 g/mol. The van der Waals surface area contributed by atoms with E-state index in [-0.39, 0.29) is 17.9 Å². The van der Waals surface area contributed by atoms with E-state index in [4.69, 9.17) is 5.73 Å². The summed E-state index contributed by atoms with van der Waals surface area (Å²) in [5.74, 6) is -0.460. The molecular formula is C21H26N4O2. The first-order chi connectivity index (χ1) is 13.0. The molecule has 3 rings (SSSR count). The van der Waals surface area contributed by atoms with Gasteiger partial charge in [0.15, 0.2) is 0 Å². The van der Waals surface area contributed by atoms with E-state index in [1.165, 1.54) is 0 Å². The minimum atomic E-state index is -0.859. The number of nitrogens with zero attached hydrogens (tertiary/aromatic N) is 1. The Morgan fingerprint density at radius 2 is 1.85 bits per heavy atom. The van der Waals surface area contributed by atoms with E-state index >= 15 is 0 Å². The Morgan fingerprint density at radius 3 is 2.41 bits per heavy atom. The van der Waals surface area contributed by atoms with Crippen LogP contribution in [0.1, 0.15) is 43.5 Å². The van der Waals surface area contributed by atoms with Crippen molar-refractivity contribution in [3.63, 3.8) is 0 Å². The predicted molar refractivity (Wildman–Crippen MR) is 104 cm³/mol. The van der Waals surface area contributed by atoms with Gasteiger partial charge in [0.05, 0.1) is 12.1 Å². The number of hydrogen-bond acceptors (Lipinski definition) is 4. The van der Waals surface area contributed by atoms with Crippen LogP contribution in [0.5, 0.6) is 0 Å². The minimum Gasteiger partial charge on any atom is -0.347 e. The van der Waals surface area contributed by atoms with E-state index in [2.05, 4.69) is 15.6 Å². The van der Waals surface area contributed by atoms with E-state index in [0.29, 0.717) is 19.3 Å². The molecule has 1 saturated carbocycles. The predicted octanol–water partition coefficient (Wildman–Crippen LogP) is 1.87. The molecule has 1 aliphatic carbocycles. The number of rotatable bonds is 7. The number of amides is 2. The number of pyridine rings is 1. The molecule has 1 aliphatic rings. The molecule has 1 aromatic carbocycles. The van der Waals surface area contributed by atoms with Crippen LogP contribution in [-0.2, 0) is 16.0 Å². The number of benzene rings is 1. The minimum absolute atomic E-state index is 0.160. The van der Waals surface area contributed by atoms with Crippen LogP contribution in [0.4, 0.5) is 0 Å². The molecule has 0 radical (unpaired) electrons. The summed E-state index contributed by atoms with van der Waals surface area (Å²) in [6.07, 6.45) is 4.48. The van der Waals surface area contributed by atoms with Gasteiger partial charge in [-0.25, -0.2) is 0 Å². The van der Waals surface area contributed by atoms with Crippen molar-refractivity contribution in [3.8, 4) is 0 Å². The normalized spacial score (nSPS) is 17.3. The molecule has 0 bridgehead atoms. The standard InChI is InChI=1S/C21H26N4O2/c1-15(22)19(26)25-21(11-7-12-21)20(27)24-18(16-8-3-2-4-9-16)14-17-10-5-6-13-23-17/h2-6,8-10,13,15,18H,7,11-12,14,22H2,1H3,(H,24,27)(H,25,26)/t15-,18?/m1/s1. The van der Waals surface area contributed by atoms with Crippen LogP contribution in [0.2, 0.25) is 0 Å². The van der Waals surface area contributed by atoms with Gasteiger partial charge >= 0.3 is 0 Å². The van der Waals surface area contributed by atoms with E-state index in [1.807, 2.05) is 48.5 Å². The molecule has 1 unspecified atom stereocenters. The van der Waals surface area contributed by atoms with Gasteiger partial charge in [-0.1, -0.05) is 36.4 Å². The van der Waals surface area contributed by atoms with Crippen molar-refractivity contribution in [2.75, 3.05) is 0 Å². The molecule has 142 valence electrons. The molecule has 0 aliphatic heterocycles. The maximum Gasteiger partial charge on any atom is 0.246 e. The maximum absolute atomic E-state index is 13.1. The van der Waals surface area contributed by atoms with Crippen molar-refractivity contribution < 1.29 is 9.59 Å². The van der Waals surface area contributed by atoms with Crippen LogP contribution in [0.15, 0.2) is 54.7 Å². The third-order valence-electron chi connectivity index (χ3n) is 5.06. The first-order valence-corrected chi connectivity index (χ1v) is 9.34. The highest BCUT2D eigenvalue weighted by molar-refractivity contribution is 5.93. The Labute approximate surface area is 159 Å². The lowest BCUT2D eigenvalue weighted by atomic mass is 9.75. The lowest BCUT2D eigenvalue weighted by Crippen LogP contribution is -2.65. The SMILES string of the molecule is C[C@@H](N)C(=O)NC1(C(=O)NC(Cc2ccccn2)c2ccccc2)CCC1. The maximum atomic E-state index is 13.1. The van der Waals surface area contributed by atoms with Crippen LogP contribution < -0.4 is 16.4 Å². The number of hydrogen-bond donors (Lipinski definition) is 3. The van der Waals surface area contributed by atoms with Crippen molar-refractivity contribution in [3.05, 3.63) is 66.0 Å². The summed E-state index contributed by atoms with van der Waals surface area (Å²) in [5.41, 5.74) is 6.71. The summed E-state index contributed by atoms with van der Waals surface area (Å²) >= 11 is 0. The van der Waals surface area contributed by atoms with Crippen LogP contribution in [-0.4, -0.2) is 28.4 Å². The van der Waals surface area contributed by atoms with Crippen molar-refractivity contribution in [2.45, 2.75) is 50.2 Å². The molecule has 4 N–H and O–H groups in total. The fourth-order valence-corrected chi connectivity index (χ4v) is 3.25. The number of carbonyl (C=O) groups excluding carboxylic acids is 2. The van der Waals surface area contributed by atoms with Gasteiger partial charge < -0.3 is 16.4 Å². The zero-order chi connectivity index (χ0) is 19.3. The number of nitrogens with two attached hydrogens (primary N) is 1. The number of carbonyl (C=O) groups is 2. The molecule has 0 saturated heterocycles. The quantitative estimate of drug-likeness (QED) is 0.697. The van der Waals surface area contributed by atoms with E-state index in [0.717, 1.165) is 17.7 Å². The molecule has 1 heterocycles. The zero-order valence-electron chi connectivity index (χ0n) is 15.5. The fourth-order valence-electron chi connectivity index (χ4n) is 3.25. The molecule has 1 aromatic heterocycles. The van der Waals surface area contributed by atoms with Crippen molar-refractivity contribution >= 4 is 11.8 Å². The first kappa shape index (κ1) is 19.0. The van der Waals surface area contributed by atoms with Crippen LogP contribution >= 0.6 is 0 Å². The summed E-state index contributed by atoms with van der Waals surface area (Å²) in [4.78, 5) is 29.6. The van der Waals surface area contributed by atoms with Gasteiger partial charge in [0.1, 0.15) is 5.54 Å². The van der Waals surface area contributed by atoms with Gasteiger partial charge in [0, 0.05) is 18.3 Å². The Bertz CT molecular complexity index is 773. The molecule has 2 amide bonds. The summed E-state index contributed by atoms with van der Waals surface area (Å²) in [5, 5.41) is 5.99. The van der Waals surface area contributed by atoms with Crippen LogP contribution in [0.3, 0.4) is 0 Å². The highest BCUT2D eigenvalue weighted by Gasteiger charge is 2.46. The summed E-state index contributed by atoms with van der Waals surface area (Å²) in [6.45, 7) is 1.62. The Kier molecular flexibility index (Phi) is 5.86. The lowest BCUT2D eigenvalue weighted by Gasteiger charge is -2.42. The van der Waals surface area contributed by atoms with Gasteiger partial charge in [0.25, 0.3) is 0 Å².